The van der Waals surface area contributed by atoms with Crippen molar-refractivity contribution in [3.8, 4) is 0 Å². The first-order valence-corrected chi connectivity index (χ1v) is 7.15. The number of nitrogen functional groups attached to an aromatic ring is 1. The Hall–Kier alpha value is -2.08. The van der Waals surface area contributed by atoms with Crippen LogP contribution in [0.1, 0.15) is 29.1 Å². The highest BCUT2D eigenvalue weighted by Crippen LogP contribution is 2.25. The number of anilines is 2. The lowest BCUT2D eigenvalue weighted by atomic mass is 10.2. The van der Waals surface area contributed by atoms with Gasteiger partial charge in [-0.15, -0.1) is 11.3 Å². The third kappa shape index (κ3) is 3.08. The van der Waals surface area contributed by atoms with Gasteiger partial charge < -0.3 is 15.7 Å². The number of aromatic carboxylic acids is 1. The number of hydrogen-bond donors (Lipinski definition) is 2. The fourth-order valence-corrected chi connectivity index (χ4v) is 2.64. The van der Waals surface area contributed by atoms with Crippen LogP contribution in [0.4, 0.5) is 11.5 Å². The smallest absolute Gasteiger partial charge is 0.339 e. The highest BCUT2D eigenvalue weighted by Gasteiger charge is 2.20. The van der Waals surface area contributed by atoms with Crippen molar-refractivity contribution in [1.82, 2.24) is 4.98 Å². The van der Waals surface area contributed by atoms with Gasteiger partial charge in [-0.1, -0.05) is 6.07 Å². The van der Waals surface area contributed by atoms with Crippen LogP contribution >= 0.6 is 11.3 Å². The lowest BCUT2D eigenvalue weighted by Crippen LogP contribution is -2.32. The molecule has 2 heterocycles. The normalized spacial score (nSPS) is 10.8. The molecule has 3 N–H and O–H groups in total. The Balaban J connectivity index is 2.41. The molecule has 2 rings (SSSR count). The van der Waals surface area contributed by atoms with Gasteiger partial charge in [0.2, 0.25) is 0 Å². The van der Waals surface area contributed by atoms with E-state index in [1.54, 1.807) is 11.3 Å². The summed E-state index contributed by atoms with van der Waals surface area (Å²) in [7, 11) is 0. The van der Waals surface area contributed by atoms with Gasteiger partial charge in [0.05, 0.1) is 18.4 Å². The minimum atomic E-state index is -1.02. The van der Waals surface area contributed by atoms with Crippen molar-refractivity contribution in [2.24, 2.45) is 0 Å². The predicted octanol–water partition coefficient (Wildman–Crippen LogP) is 2.84. The van der Waals surface area contributed by atoms with Crippen LogP contribution in [-0.4, -0.2) is 22.1 Å². The van der Waals surface area contributed by atoms with Crippen molar-refractivity contribution in [3.63, 3.8) is 0 Å². The largest absolute Gasteiger partial charge is 0.478 e. The number of nitrogens with zero attached hydrogens (tertiary/aromatic N) is 2. The van der Waals surface area contributed by atoms with Crippen molar-refractivity contribution in [3.05, 3.63) is 40.2 Å². The second kappa shape index (κ2) is 5.92. The number of rotatable bonds is 5. The SMILES string of the molecule is CC(C)N(Cc1cccs1)c1ncc(N)cc1C(=O)O. The maximum absolute atomic E-state index is 11.4. The summed E-state index contributed by atoms with van der Waals surface area (Å²) >= 11 is 1.64. The molecule has 0 saturated heterocycles. The Morgan fingerprint density at radius 3 is 2.85 bits per heavy atom. The van der Waals surface area contributed by atoms with E-state index in [-0.39, 0.29) is 11.6 Å². The fourth-order valence-electron chi connectivity index (χ4n) is 1.93. The third-order valence-corrected chi connectivity index (χ3v) is 3.78. The molecule has 0 aromatic carbocycles. The molecule has 0 bridgehead atoms. The van der Waals surface area contributed by atoms with E-state index in [1.807, 2.05) is 36.3 Å². The zero-order valence-electron chi connectivity index (χ0n) is 11.4. The fraction of sp³-hybridized carbons (Fsp3) is 0.286. The van der Waals surface area contributed by atoms with Crippen molar-refractivity contribution < 1.29 is 9.90 Å². The van der Waals surface area contributed by atoms with Crippen molar-refractivity contribution >= 4 is 28.8 Å². The molecule has 0 saturated carbocycles. The van der Waals surface area contributed by atoms with E-state index in [0.717, 1.165) is 4.88 Å². The molecule has 2 aromatic rings. The zero-order chi connectivity index (χ0) is 14.7. The molecular weight excluding hydrogens is 274 g/mol. The van der Waals surface area contributed by atoms with Crippen LogP contribution in [0, 0.1) is 0 Å². The van der Waals surface area contributed by atoms with E-state index < -0.39 is 5.97 Å². The van der Waals surface area contributed by atoms with Crippen LogP contribution in [0.5, 0.6) is 0 Å². The number of nitrogens with two attached hydrogens (primary N) is 1. The van der Waals surface area contributed by atoms with Gasteiger partial charge in [-0.3, -0.25) is 0 Å². The lowest BCUT2D eigenvalue weighted by Gasteiger charge is -2.28. The van der Waals surface area contributed by atoms with E-state index in [9.17, 15) is 9.90 Å². The summed E-state index contributed by atoms with van der Waals surface area (Å²) in [6, 6.07) is 5.59. The van der Waals surface area contributed by atoms with Gasteiger partial charge in [0.25, 0.3) is 0 Å². The second-order valence-electron chi connectivity index (χ2n) is 4.75. The number of thiophene rings is 1. The molecule has 0 unspecified atom stereocenters. The van der Waals surface area contributed by atoms with Gasteiger partial charge in [0, 0.05) is 10.9 Å². The van der Waals surface area contributed by atoms with Crippen LogP contribution in [0.15, 0.2) is 29.8 Å². The van der Waals surface area contributed by atoms with Crippen LogP contribution in [0.2, 0.25) is 0 Å². The monoisotopic (exact) mass is 291 g/mol. The predicted molar refractivity (Wildman–Crippen MR) is 81.2 cm³/mol. The van der Waals surface area contributed by atoms with Crippen LogP contribution in [0.3, 0.4) is 0 Å². The molecule has 0 aliphatic carbocycles. The molecule has 2 aromatic heterocycles. The molecule has 0 aliphatic rings. The number of carboxylic acid groups (broad SMARTS) is 1. The Kier molecular flexibility index (Phi) is 4.24. The maximum Gasteiger partial charge on any atom is 0.339 e. The molecule has 0 aliphatic heterocycles. The number of aromatic nitrogens is 1. The first kappa shape index (κ1) is 14.3. The van der Waals surface area contributed by atoms with E-state index in [4.69, 9.17) is 5.73 Å². The first-order valence-electron chi connectivity index (χ1n) is 6.27. The summed E-state index contributed by atoms with van der Waals surface area (Å²) < 4.78 is 0. The van der Waals surface area contributed by atoms with E-state index in [1.165, 1.54) is 12.3 Å². The van der Waals surface area contributed by atoms with Crippen LogP contribution in [-0.2, 0) is 6.54 Å². The van der Waals surface area contributed by atoms with Crippen molar-refractivity contribution in [2.45, 2.75) is 26.4 Å². The quantitative estimate of drug-likeness (QED) is 0.885. The highest BCUT2D eigenvalue weighted by molar-refractivity contribution is 7.09. The Bertz CT molecular complexity index is 596. The van der Waals surface area contributed by atoms with Crippen LogP contribution < -0.4 is 10.6 Å². The third-order valence-electron chi connectivity index (χ3n) is 2.92. The number of hydrogen-bond acceptors (Lipinski definition) is 5. The summed E-state index contributed by atoms with van der Waals surface area (Å²) in [5.41, 5.74) is 6.12. The minimum Gasteiger partial charge on any atom is -0.478 e. The highest BCUT2D eigenvalue weighted by atomic mass is 32.1. The summed E-state index contributed by atoms with van der Waals surface area (Å²) in [5, 5.41) is 11.3. The van der Waals surface area contributed by atoms with Crippen molar-refractivity contribution in [1.29, 1.82) is 0 Å². The van der Waals surface area contributed by atoms with E-state index in [0.29, 0.717) is 18.1 Å². The molecule has 0 radical (unpaired) electrons. The topological polar surface area (TPSA) is 79.5 Å². The summed E-state index contributed by atoms with van der Waals surface area (Å²) in [4.78, 5) is 18.7. The van der Waals surface area contributed by atoms with Gasteiger partial charge >= 0.3 is 5.97 Å². The lowest BCUT2D eigenvalue weighted by molar-refractivity contribution is 0.0697. The van der Waals surface area contributed by atoms with Crippen molar-refractivity contribution in [2.75, 3.05) is 10.6 Å². The summed E-state index contributed by atoms with van der Waals surface area (Å²) in [5.74, 6) is -0.563. The molecule has 0 atom stereocenters. The number of pyridine rings is 1. The molecule has 6 heteroatoms. The average molecular weight is 291 g/mol. The Morgan fingerprint density at radius 1 is 1.55 bits per heavy atom. The molecular formula is C14H17N3O2S. The molecule has 0 fully saturated rings. The van der Waals surface area contributed by atoms with Gasteiger partial charge in [-0.2, -0.15) is 0 Å². The Labute approximate surface area is 121 Å². The molecule has 0 amide bonds. The molecule has 106 valence electrons. The van der Waals surface area contributed by atoms with Crippen LogP contribution in [0.25, 0.3) is 0 Å². The first-order chi connectivity index (χ1) is 9.49. The Morgan fingerprint density at radius 2 is 2.30 bits per heavy atom. The molecule has 0 spiro atoms. The average Bonchev–Trinajstić information content (AvgIpc) is 2.89. The standard InChI is InChI=1S/C14H17N3O2S/c1-9(2)17(8-11-4-3-5-20-11)13-12(14(18)19)6-10(15)7-16-13/h3-7,9H,8,15H2,1-2H3,(H,18,19). The van der Waals surface area contributed by atoms with E-state index >= 15 is 0 Å². The second-order valence-corrected chi connectivity index (χ2v) is 5.78. The number of carboxylic acids is 1. The summed E-state index contributed by atoms with van der Waals surface area (Å²) in [6.45, 7) is 4.65. The number of carbonyl (C=O) groups is 1. The maximum atomic E-state index is 11.4. The minimum absolute atomic E-state index is 0.131. The van der Waals surface area contributed by atoms with Gasteiger partial charge in [-0.25, -0.2) is 9.78 Å². The zero-order valence-corrected chi connectivity index (χ0v) is 12.2. The van der Waals surface area contributed by atoms with E-state index in [2.05, 4.69) is 4.98 Å². The van der Waals surface area contributed by atoms with Gasteiger partial charge in [0.15, 0.2) is 0 Å². The van der Waals surface area contributed by atoms with Gasteiger partial charge in [0.1, 0.15) is 11.4 Å². The van der Waals surface area contributed by atoms with Gasteiger partial charge in [-0.05, 0) is 31.4 Å². The molecule has 20 heavy (non-hydrogen) atoms. The summed E-state index contributed by atoms with van der Waals surface area (Å²) in [6.07, 6.45) is 1.49. The molecule has 5 nitrogen and oxygen atoms in total.